The molecular weight excluding hydrogens is 303 g/mol. The third kappa shape index (κ3) is 4.22. The van der Waals surface area contributed by atoms with Gasteiger partial charge in [-0.25, -0.2) is 0 Å². The Labute approximate surface area is 133 Å². The lowest BCUT2D eigenvalue weighted by atomic mass is 10.0. The number of nitrogens with zero attached hydrogens (tertiary/aromatic N) is 2. The van der Waals surface area contributed by atoms with E-state index in [0.717, 1.165) is 17.3 Å². The van der Waals surface area contributed by atoms with Crippen LogP contribution in [-0.2, 0) is 19.3 Å². The molecule has 1 unspecified atom stereocenters. The summed E-state index contributed by atoms with van der Waals surface area (Å²) in [5.41, 5.74) is 1.47. The standard InChI is InChI=1S/C17H20F3N3/c1-4-9-23-11-14(12(2)22-23)10-21-13(3)15-7-5-6-8-16(15)17(18,19)20/h4-8,11,13,21H,1,9-10H2,2-3H3. The van der Waals surface area contributed by atoms with Gasteiger partial charge in [-0.05, 0) is 25.5 Å². The molecule has 1 N–H and O–H groups in total. The molecule has 0 bridgehead atoms. The molecule has 2 rings (SSSR count). The second kappa shape index (κ2) is 7.00. The van der Waals surface area contributed by atoms with E-state index in [-0.39, 0.29) is 5.56 Å². The Morgan fingerprint density at radius 3 is 2.70 bits per heavy atom. The van der Waals surface area contributed by atoms with Gasteiger partial charge in [0.1, 0.15) is 0 Å². The van der Waals surface area contributed by atoms with Gasteiger partial charge in [-0.3, -0.25) is 4.68 Å². The van der Waals surface area contributed by atoms with Crippen LogP contribution < -0.4 is 5.32 Å². The first-order valence-corrected chi connectivity index (χ1v) is 7.36. The quantitative estimate of drug-likeness (QED) is 0.806. The first-order valence-electron chi connectivity index (χ1n) is 7.36. The zero-order chi connectivity index (χ0) is 17.0. The van der Waals surface area contributed by atoms with Crippen molar-refractivity contribution in [2.45, 2.75) is 39.2 Å². The minimum atomic E-state index is -4.35. The van der Waals surface area contributed by atoms with Gasteiger partial charge in [0.2, 0.25) is 0 Å². The van der Waals surface area contributed by atoms with Crippen molar-refractivity contribution in [1.29, 1.82) is 0 Å². The number of hydrogen-bond donors (Lipinski definition) is 1. The van der Waals surface area contributed by atoms with Crippen LogP contribution in [0.5, 0.6) is 0 Å². The summed E-state index contributed by atoms with van der Waals surface area (Å²) in [6, 6.07) is 5.23. The Morgan fingerprint density at radius 2 is 2.04 bits per heavy atom. The van der Waals surface area contributed by atoms with Gasteiger partial charge in [-0.2, -0.15) is 18.3 Å². The van der Waals surface area contributed by atoms with Gasteiger partial charge < -0.3 is 5.32 Å². The normalized spacial score (nSPS) is 13.1. The maximum absolute atomic E-state index is 13.1. The van der Waals surface area contributed by atoms with Crippen molar-refractivity contribution < 1.29 is 13.2 Å². The van der Waals surface area contributed by atoms with E-state index >= 15 is 0 Å². The van der Waals surface area contributed by atoms with Crippen LogP contribution in [0.3, 0.4) is 0 Å². The van der Waals surface area contributed by atoms with Crippen molar-refractivity contribution in [2.24, 2.45) is 0 Å². The number of aromatic nitrogens is 2. The Morgan fingerprint density at radius 1 is 1.35 bits per heavy atom. The highest BCUT2D eigenvalue weighted by atomic mass is 19.4. The van der Waals surface area contributed by atoms with Crippen LogP contribution in [0.2, 0.25) is 0 Å². The molecule has 6 heteroatoms. The van der Waals surface area contributed by atoms with Crippen LogP contribution in [0.1, 0.15) is 35.3 Å². The molecule has 0 fully saturated rings. The molecular formula is C17H20F3N3. The van der Waals surface area contributed by atoms with E-state index in [9.17, 15) is 13.2 Å². The lowest BCUT2D eigenvalue weighted by Gasteiger charge is -2.19. The molecule has 0 aliphatic heterocycles. The van der Waals surface area contributed by atoms with Gasteiger partial charge in [0, 0.05) is 24.3 Å². The number of halogens is 3. The molecule has 1 heterocycles. The van der Waals surface area contributed by atoms with E-state index in [2.05, 4.69) is 17.0 Å². The van der Waals surface area contributed by atoms with E-state index < -0.39 is 17.8 Å². The smallest absolute Gasteiger partial charge is 0.306 e. The highest BCUT2D eigenvalue weighted by Gasteiger charge is 2.34. The molecule has 3 nitrogen and oxygen atoms in total. The fourth-order valence-corrected chi connectivity index (χ4v) is 2.46. The number of rotatable bonds is 6. The summed E-state index contributed by atoms with van der Waals surface area (Å²) in [7, 11) is 0. The lowest BCUT2D eigenvalue weighted by molar-refractivity contribution is -0.138. The van der Waals surface area contributed by atoms with Crippen LogP contribution in [0.25, 0.3) is 0 Å². The van der Waals surface area contributed by atoms with Crippen molar-refractivity contribution in [3.8, 4) is 0 Å². The topological polar surface area (TPSA) is 29.9 Å². The Bertz CT molecular complexity index is 674. The third-order valence-electron chi connectivity index (χ3n) is 3.70. The second-order valence-corrected chi connectivity index (χ2v) is 5.44. The number of nitrogens with one attached hydrogen (secondary N) is 1. The summed E-state index contributed by atoms with van der Waals surface area (Å²) in [6.07, 6.45) is -0.727. The maximum Gasteiger partial charge on any atom is 0.416 e. The summed E-state index contributed by atoms with van der Waals surface area (Å²) in [5.74, 6) is 0. The zero-order valence-electron chi connectivity index (χ0n) is 13.2. The highest BCUT2D eigenvalue weighted by Crippen LogP contribution is 2.34. The first kappa shape index (κ1) is 17.3. The first-order chi connectivity index (χ1) is 10.8. The fourth-order valence-electron chi connectivity index (χ4n) is 2.46. The number of alkyl halides is 3. The molecule has 23 heavy (non-hydrogen) atoms. The van der Waals surface area contributed by atoms with E-state index in [1.807, 2.05) is 13.1 Å². The van der Waals surface area contributed by atoms with Crippen LogP contribution in [0.4, 0.5) is 13.2 Å². The van der Waals surface area contributed by atoms with Crippen molar-refractivity contribution in [3.63, 3.8) is 0 Å². The molecule has 0 aliphatic carbocycles. The molecule has 1 aromatic heterocycles. The lowest BCUT2D eigenvalue weighted by Crippen LogP contribution is -2.21. The molecule has 1 aromatic carbocycles. The summed E-state index contributed by atoms with van der Waals surface area (Å²) in [5, 5.41) is 7.48. The minimum Gasteiger partial charge on any atom is -0.306 e. The SMILES string of the molecule is C=CCn1cc(CNC(C)c2ccccc2C(F)(F)F)c(C)n1. The molecule has 0 saturated heterocycles. The molecule has 0 aliphatic rings. The van der Waals surface area contributed by atoms with Gasteiger partial charge in [-0.15, -0.1) is 6.58 Å². The average Bonchev–Trinajstić information content (AvgIpc) is 2.84. The zero-order valence-corrected chi connectivity index (χ0v) is 13.2. The summed E-state index contributed by atoms with van der Waals surface area (Å²) < 4.78 is 41.0. The molecule has 1 atom stereocenters. The Hall–Kier alpha value is -2.08. The minimum absolute atomic E-state index is 0.246. The predicted molar refractivity (Wildman–Crippen MR) is 83.9 cm³/mol. The second-order valence-electron chi connectivity index (χ2n) is 5.44. The third-order valence-corrected chi connectivity index (χ3v) is 3.70. The molecule has 0 spiro atoms. The molecule has 2 aromatic rings. The largest absolute Gasteiger partial charge is 0.416 e. The van der Waals surface area contributed by atoms with Crippen molar-refractivity contribution in [3.05, 3.63) is 65.5 Å². The van der Waals surface area contributed by atoms with Gasteiger partial charge >= 0.3 is 6.18 Å². The number of hydrogen-bond acceptors (Lipinski definition) is 2. The predicted octanol–water partition coefficient (Wildman–Crippen LogP) is 4.25. The molecule has 0 radical (unpaired) electrons. The number of benzene rings is 1. The van der Waals surface area contributed by atoms with Gasteiger partial charge in [0.25, 0.3) is 0 Å². The van der Waals surface area contributed by atoms with Crippen molar-refractivity contribution >= 4 is 0 Å². The van der Waals surface area contributed by atoms with Crippen LogP contribution in [0, 0.1) is 6.92 Å². The van der Waals surface area contributed by atoms with Crippen LogP contribution in [-0.4, -0.2) is 9.78 Å². The van der Waals surface area contributed by atoms with E-state index in [1.54, 1.807) is 23.7 Å². The van der Waals surface area contributed by atoms with Crippen molar-refractivity contribution in [2.75, 3.05) is 0 Å². The summed E-state index contributed by atoms with van der Waals surface area (Å²) in [6.45, 7) is 8.33. The van der Waals surface area contributed by atoms with Gasteiger partial charge in [0.05, 0.1) is 17.8 Å². The molecule has 0 amide bonds. The Kier molecular flexibility index (Phi) is 5.26. The number of allylic oxidation sites excluding steroid dienone is 1. The van der Waals surface area contributed by atoms with Crippen LogP contribution in [0.15, 0.2) is 43.1 Å². The fraction of sp³-hybridized carbons (Fsp3) is 0.353. The van der Waals surface area contributed by atoms with Crippen molar-refractivity contribution in [1.82, 2.24) is 15.1 Å². The highest BCUT2D eigenvalue weighted by molar-refractivity contribution is 5.32. The van der Waals surface area contributed by atoms with Crippen LogP contribution >= 0.6 is 0 Å². The van der Waals surface area contributed by atoms with E-state index in [4.69, 9.17) is 0 Å². The van der Waals surface area contributed by atoms with Gasteiger partial charge in [-0.1, -0.05) is 24.3 Å². The average molecular weight is 323 g/mol. The molecule has 0 saturated carbocycles. The molecule has 124 valence electrons. The van der Waals surface area contributed by atoms with Gasteiger partial charge in [0.15, 0.2) is 0 Å². The van der Waals surface area contributed by atoms with E-state index in [0.29, 0.717) is 13.1 Å². The monoisotopic (exact) mass is 323 g/mol. The Balaban J connectivity index is 2.11. The summed E-state index contributed by atoms with van der Waals surface area (Å²) >= 11 is 0. The summed E-state index contributed by atoms with van der Waals surface area (Å²) in [4.78, 5) is 0. The van der Waals surface area contributed by atoms with E-state index in [1.165, 1.54) is 12.1 Å². The number of aryl methyl sites for hydroxylation is 1. The maximum atomic E-state index is 13.1.